The van der Waals surface area contributed by atoms with E-state index < -0.39 is 0 Å². The van der Waals surface area contributed by atoms with E-state index in [2.05, 4.69) is 9.88 Å². The molecule has 1 atom stereocenters. The number of halogens is 2. The Morgan fingerprint density at radius 1 is 1.26 bits per heavy atom. The molecular weight excluding hydrogens is 333 g/mol. The van der Waals surface area contributed by atoms with Crippen molar-refractivity contribution >= 4 is 35.7 Å². The van der Waals surface area contributed by atoms with Crippen LogP contribution >= 0.6 is 24.8 Å². The largest absolute Gasteiger partial charge is 0.357 e. The number of pyridine rings is 1. The minimum atomic E-state index is 0. The summed E-state index contributed by atoms with van der Waals surface area (Å²) in [6, 6.07) is 8.15. The summed E-state index contributed by atoms with van der Waals surface area (Å²) in [5.74, 6) is 0. The smallest absolute Gasteiger partial charge is 0.189 e. The van der Waals surface area contributed by atoms with Crippen LogP contribution in [0.3, 0.4) is 0 Å². The number of aromatic nitrogens is 1. The molecular formula is C17H25Cl2N3O. The number of benzene rings is 1. The van der Waals surface area contributed by atoms with E-state index in [1.807, 2.05) is 25.1 Å². The predicted octanol–water partition coefficient (Wildman–Crippen LogP) is 2.99. The molecule has 1 aliphatic rings. The fourth-order valence-electron chi connectivity index (χ4n) is 3.26. The Morgan fingerprint density at radius 3 is 2.78 bits per heavy atom. The van der Waals surface area contributed by atoms with Gasteiger partial charge in [-0.1, -0.05) is 18.1 Å². The van der Waals surface area contributed by atoms with Crippen LogP contribution in [0.5, 0.6) is 0 Å². The molecule has 3 rings (SSSR count). The zero-order valence-electron chi connectivity index (χ0n) is 13.4. The fraction of sp³-hybridized carbons (Fsp3) is 0.471. The number of piperidine rings is 1. The number of hydrogen-bond acceptors (Lipinski definition) is 3. The second-order valence-electron chi connectivity index (χ2n) is 6.06. The highest BCUT2D eigenvalue weighted by molar-refractivity contribution is 5.85. The fourth-order valence-corrected chi connectivity index (χ4v) is 3.26. The van der Waals surface area contributed by atoms with Crippen LogP contribution in [-0.4, -0.2) is 29.0 Å². The molecule has 0 spiro atoms. The second-order valence-corrected chi connectivity index (χ2v) is 6.06. The van der Waals surface area contributed by atoms with Crippen molar-refractivity contribution in [3.05, 3.63) is 45.7 Å². The van der Waals surface area contributed by atoms with Gasteiger partial charge in [-0.3, -0.25) is 9.69 Å². The van der Waals surface area contributed by atoms with E-state index in [1.165, 1.54) is 12.8 Å². The number of fused-ring (bicyclic) bond motifs is 1. The summed E-state index contributed by atoms with van der Waals surface area (Å²) in [6.45, 7) is 4.54. The molecule has 1 aromatic heterocycles. The van der Waals surface area contributed by atoms with Gasteiger partial charge in [0.15, 0.2) is 5.43 Å². The summed E-state index contributed by atoms with van der Waals surface area (Å²) in [6.07, 6.45) is 3.63. The summed E-state index contributed by atoms with van der Waals surface area (Å²) in [7, 11) is 0. The van der Waals surface area contributed by atoms with Crippen LogP contribution in [0.25, 0.3) is 10.9 Å². The molecule has 2 heterocycles. The zero-order chi connectivity index (χ0) is 14.8. The van der Waals surface area contributed by atoms with Gasteiger partial charge in [0.05, 0.1) is 0 Å². The first-order valence-corrected chi connectivity index (χ1v) is 7.74. The van der Waals surface area contributed by atoms with Crippen molar-refractivity contribution in [2.45, 2.75) is 38.8 Å². The Balaban J connectivity index is 0.00000132. The first-order chi connectivity index (χ1) is 10.2. The van der Waals surface area contributed by atoms with Crippen molar-refractivity contribution < 1.29 is 0 Å². The Bertz CT molecular complexity index is 702. The molecule has 23 heavy (non-hydrogen) atoms. The van der Waals surface area contributed by atoms with Crippen molar-refractivity contribution in [1.29, 1.82) is 0 Å². The van der Waals surface area contributed by atoms with Gasteiger partial charge in [-0.15, -0.1) is 24.8 Å². The van der Waals surface area contributed by atoms with Crippen molar-refractivity contribution in [3.8, 4) is 0 Å². The first-order valence-electron chi connectivity index (χ1n) is 7.74. The second kappa shape index (κ2) is 8.69. The van der Waals surface area contributed by atoms with E-state index in [0.717, 1.165) is 41.7 Å². The van der Waals surface area contributed by atoms with Crippen LogP contribution in [-0.2, 0) is 6.54 Å². The molecule has 3 N–H and O–H groups in total. The lowest BCUT2D eigenvalue weighted by molar-refractivity contribution is 0.143. The molecule has 0 amide bonds. The highest BCUT2D eigenvalue weighted by Gasteiger charge is 2.21. The van der Waals surface area contributed by atoms with Crippen LogP contribution in [0, 0.1) is 6.92 Å². The first kappa shape index (κ1) is 20.0. The molecule has 0 radical (unpaired) electrons. The van der Waals surface area contributed by atoms with E-state index in [9.17, 15) is 4.79 Å². The summed E-state index contributed by atoms with van der Waals surface area (Å²) in [5, 5.41) is 0.771. The molecule has 128 valence electrons. The van der Waals surface area contributed by atoms with Gasteiger partial charge in [-0.25, -0.2) is 0 Å². The van der Waals surface area contributed by atoms with Gasteiger partial charge in [0, 0.05) is 41.8 Å². The van der Waals surface area contributed by atoms with Crippen LogP contribution < -0.4 is 11.2 Å². The lowest BCUT2D eigenvalue weighted by Crippen LogP contribution is -2.43. The van der Waals surface area contributed by atoms with Gasteiger partial charge in [-0.2, -0.15) is 0 Å². The molecule has 1 aliphatic heterocycles. The number of aryl methyl sites for hydroxylation is 1. The number of aromatic amines is 1. The SMILES string of the molecule is Cc1ccc2[nH]c(CN3CCCCC3CN)cc(=O)c2c1.Cl.Cl. The maximum Gasteiger partial charge on any atom is 0.189 e. The zero-order valence-corrected chi connectivity index (χ0v) is 15.0. The van der Waals surface area contributed by atoms with Gasteiger partial charge in [0.1, 0.15) is 0 Å². The molecule has 1 fully saturated rings. The van der Waals surface area contributed by atoms with Gasteiger partial charge in [0.25, 0.3) is 0 Å². The molecule has 1 unspecified atom stereocenters. The van der Waals surface area contributed by atoms with Crippen LogP contribution in [0.2, 0.25) is 0 Å². The standard InChI is InChI=1S/C17H23N3O.2ClH/c1-12-5-6-16-15(8-12)17(21)9-13(19-16)11-20-7-3-2-4-14(20)10-18;;/h5-6,8-9,14H,2-4,7,10-11,18H2,1H3,(H,19,21);2*1H. The molecule has 0 saturated carbocycles. The van der Waals surface area contributed by atoms with Gasteiger partial charge >= 0.3 is 0 Å². The minimum Gasteiger partial charge on any atom is -0.357 e. The molecule has 0 bridgehead atoms. The molecule has 2 aromatic rings. The summed E-state index contributed by atoms with van der Waals surface area (Å²) in [4.78, 5) is 18.1. The van der Waals surface area contributed by atoms with Crippen molar-refractivity contribution in [3.63, 3.8) is 0 Å². The number of nitrogens with two attached hydrogens (primary N) is 1. The molecule has 1 saturated heterocycles. The number of H-pyrrole nitrogens is 1. The Kier molecular flexibility index (Phi) is 7.55. The maximum atomic E-state index is 12.3. The van der Waals surface area contributed by atoms with E-state index in [-0.39, 0.29) is 30.2 Å². The van der Waals surface area contributed by atoms with Gasteiger partial charge in [0.2, 0.25) is 0 Å². The van der Waals surface area contributed by atoms with Crippen molar-refractivity contribution in [2.24, 2.45) is 5.73 Å². The Morgan fingerprint density at radius 2 is 2.04 bits per heavy atom. The summed E-state index contributed by atoms with van der Waals surface area (Å²) < 4.78 is 0. The summed E-state index contributed by atoms with van der Waals surface area (Å²) in [5.41, 5.74) is 8.99. The molecule has 6 heteroatoms. The van der Waals surface area contributed by atoms with E-state index in [4.69, 9.17) is 5.73 Å². The Labute approximate surface area is 149 Å². The average molecular weight is 358 g/mol. The highest BCUT2D eigenvalue weighted by atomic mass is 35.5. The third kappa shape index (κ3) is 4.48. The van der Waals surface area contributed by atoms with Crippen molar-refractivity contribution in [1.82, 2.24) is 9.88 Å². The average Bonchev–Trinajstić information content (AvgIpc) is 2.49. The predicted molar refractivity (Wildman–Crippen MR) is 101 cm³/mol. The topological polar surface area (TPSA) is 62.1 Å². The van der Waals surface area contributed by atoms with Gasteiger partial charge < -0.3 is 10.7 Å². The molecule has 4 nitrogen and oxygen atoms in total. The lowest BCUT2D eigenvalue weighted by atomic mass is 10.0. The van der Waals surface area contributed by atoms with Crippen molar-refractivity contribution in [2.75, 3.05) is 13.1 Å². The third-order valence-corrected chi connectivity index (χ3v) is 4.44. The lowest BCUT2D eigenvalue weighted by Gasteiger charge is -2.34. The molecule has 0 aliphatic carbocycles. The number of nitrogens with zero attached hydrogens (tertiary/aromatic N) is 1. The summed E-state index contributed by atoms with van der Waals surface area (Å²) >= 11 is 0. The Hall–Kier alpha value is -1.07. The number of nitrogens with one attached hydrogen (secondary N) is 1. The maximum absolute atomic E-state index is 12.3. The normalized spacial score (nSPS) is 18.3. The van der Waals surface area contributed by atoms with Crippen LogP contribution in [0.4, 0.5) is 0 Å². The van der Waals surface area contributed by atoms with E-state index >= 15 is 0 Å². The highest BCUT2D eigenvalue weighted by Crippen LogP contribution is 2.19. The van der Waals surface area contributed by atoms with Crippen LogP contribution in [0.1, 0.15) is 30.5 Å². The van der Waals surface area contributed by atoms with Crippen LogP contribution in [0.15, 0.2) is 29.1 Å². The minimum absolute atomic E-state index is 0. The van der Waals surface area contributed by atoms with Gasteiger partial charge in [-0.05, 0) is 38.4 Å². The number of hydrogen-bond donors (Lipinski definition) is 2. The van der Waals surface area contributed by atoms with E-state index in [1.54, 1.807) is 6.07 Å². The number of likely N-dealkylation sites (tertiary alicyclic amines) is 1. The monoisotopic (exact) mass is 357 g/mol. The third-order valence-electron chi connectivity index (χ3n) is 4.44. The van der Waals surface area contributed by atoms with E-state index in [0.29, 0.717) is 12.6 Å². The quantitative estimate of drug-likeness (QED) is 0.887. The number of rotatable bonds is 3. The molecule has 1 aromatic carbocycles.